The summed E-state index contributed by atoms with van der Waals surface area (Å²) < 4.78 is 29.0. The number of nitrogens with zero attached hydrogens (tertiary/aromatic N) is 5. The molecule has 2 aliphatic rings. The van der Waals surface area contributed by atoms with Crippen LogP contribution in [0.25, 0.3) is 22.5 Å². The molecule has 2 bridgehead atoms. The smallest absolute Gasteiger partial charge is 0.185 e. The molecule has 4 heterocycles. The first-order valence-corrected chi connectivity index (χ1v) is 12.0. The Labute approximate surface area is 194 Å². The number of hydrogen-bond donors (Lipinski definition) is 2. The van der Waals surface area contributed by atoms with Crippen LogP contribution in [-0.4, -0.2) is 62.9 Å². The Morgan fingerprint density at radius 1 is 1.12 bits per heavy atom. The van der Waals surface area contributed by atoms with Crippen LogP contribution in [0.15, 0.2) is 41.7 Å². The predicted molar refractivity (Wildman–Crippen MR) is 124 cm³/mol. The maximum absolute atomic E-state index is 14.9. The molecule has 2 saturated heterocycles. The number of benzene rings is 1. The molecule has 3 aromatic rings. The molecule has 172 valence electrons. The zero-order valence-electron chi connectivity index (χ0n) is 18.2. The Morgan fingerprint density at radius 2 is 1.97 bits per heavy atom. The van der Waals surface area contributed by atoms with Gasteiger partial charge in [-0.3, -0.25) is 0 Å². The quantitative estimate of drug-likeness (QED) is 0.544. The summed E-state index contributed by atoms with van der Waals surface area (Å²) in [4.78, 5) is 10.3. The van der Waals surface area contributed by atoms with Crippen LogP contribution in [-0.2, 0) is 0 Å². The Bertz CT molecular complexity index is 1160. The van der Waals surface area contributed by atoms with Crippen molar-refractivity contribution in [3.05, 3.63) is 42.5 Å². The van der Waals surface area contributed by atoms with Crippen LogP contribution in [0.2, 0.25) is 0 Å². The van der Waals surface area contributed by atoms with Gasteiger partial charge in [0.15, 0.2) is 17.5 Å². The van der Waals surface area contributed by atoms with Crippen LogP contribution in [0, 0.1) is 5.82 Å². The number of phenolic OH excluding ortho intramolecular Hbond substituents is 1. The van der Waals surface area contributed by atoms with Crippen molar-refractivity contribution < 1.29 is 13.9 Å². The number of phenols is 1. The van der Waals surface area contributed by atoms with Crippen molar-refractivity contribution in [2.75, 3.05) is 18.2 Å². The van der Waals surface area contributed by atoms with Gasteiger partial charge in [0.05, 0.1) is 17.8 Å². The minimum absolute atomic E-state index is 0.0523. The second kappa shape index (κ2) is 8.83. The summed E-state index contributed by atoms with van der Waals surface area (Å²) in [5, 5.41) is 22.6. The number of thioether (sulfide) groups is 1. The number of rotatable bonds is 5. The van der Waals surface area contributed by atoms with E-state index in [4.69, 9.17) is 0 Å². The Hall–Kier alpha value is -2.85. The lowest BCUT2D eigenvalue weighted by Crippen LogP contribution is -2.55. The number of nitrogens with one attached hydrogen (secondary N) is 1. The maximum atomic E-state index is 14.9. The summed E-state index contributed by atoms with van der Waals surface area (Å²) in [6, 6.07) is 6.27. The minimum Gasteiger partial charge on any atom is -0.507 e. The fraction of sp³-hybridized carbons (Fsp3) is 0.391. The second-order valence-corrected chi connectivity index (χ2v) is 9.29. The van der Waals surface area contributed by atoms with E-state index in [1.165, 1.54) is 23.9 Å². The normalized spacial score (nSPS) is 24.1. The Morgan fingerprint density at radius 3 is 2.67 bits per heavy atom. The van der Waals surface area contributed by atoms with Gasteiger partial charge in [-0.1, -0.05) is 6.07 Å². The summed E-state index contributed by atoms with van der Waals surface area (Å²) in [6.45, 7) is 0. The number of piperidine rings is 1. The third-order valence-electron chi connectivity index (χ3n) is 6.53. The first kappa shape index (κ1) is 22.0. The monoisotopic (exact) mass is 470 g/mol. The van der Waals surface area contributed by atoms with E-state index in [0.29, 0.717) is 40.0 Å². The number of halogens is 2. The van der Waals surface area contributed by atoms with Gasteiger partial charge in [-0.15, -0.1) is 22.0 Å². The second-order valence-electron chi connectivity index (χ2n) is 8.49. The molecule has 10 heteroatoms. The van der Waals surface area contributed by atoms with Gasteiger partial charge in [0.2, 0.25) is 0 Å². The summed E-state index contributed by atoms with van der Waals surface area (Å²) in [5.41, 5.74) is 1.58. The van der Waals surface area contributed by atoms with E-state index in [9.17, 15) is 13.9 Å². The number of aromatic nitrogens is 4. The minimum atomic E-state index is -0.976. The summed E-state index contributed by atoms with van der Waals surface area (Å²) in [6.07, 6.45) is 6.47. The lowest BCUT2D eigenvalue weighted by atomic mass is 9.96. The Balaban J connectivity index is 1.35. The van der Waals surface area contributed by atoms with E-state index in [1.54, 1.807) is 30.8 Å². The molecule has 0 spiro atoms. The van der Waals surface area contributed by atoms with Gasteiger partial charge < -0.3 is 15.3 Å². The molecule has 0 radical (unpaired) electrons. The highest BCUT2D eigenvalue weighted by Crippen LogP contribution is 2.34. The van der Waals surface area contributed by atoms with Gasteiger partial charge in [-0.25, -0.2) is 18.7 Å². The van der Waals surface area contributed by atoms with Crippen LogP contribution in [0.5, 0.6) is 5.75 Å². The largest absolute Gasteiger partial charge is 0.507 e. The van der Waals surface area contributed by atoms with Gasteiger partial charge in [0.25, 0.3) is 0 Å². The molecule has 0 saturated carbocycles. The van der Waals surface area contributed by atoms with Crippen LogP contribution in [0.1, 0.15) is 19.3 Å². The number of fused-ring (bicyclic) bond motifs is 2. The molecule has 0 unspecified atom stereocenters. The zero-order valence-corrected chi connectivity index (χ0v) is 19.1. The number of hydrogen-bond acceptors (Lipinski definition) is 8. The topological polar surface area (TPSA) is 87.1 Å². The molecule has 0 aliphatic carbocycles. The fourth-order valence-corrected chi connectivity index (χ4v) is 5.12. The molecule has 2 N–H and O–H groups in total. The lowest BCUT2D eigenvalue weighted by molar-refractivity contribution is 0.176. The van der Waals surface area contributed by atoms with Crippen LogP contribution >= 0.6 is 11.8 Å². The van der Waals surface area contributed by atoms with Crippen molar-refractivity contribution >= 4 is 17.6 Å². The molecule has 4 atom stereocenters. The number of alkyl halides is 1. The summed E-state index contributed by atoms with van der Waals surface area (Å²) >= 11 is 1.23. The third-order valence-corrected chi connectivity index (χ3v) is 7.22. The highest BCUT2D eigenvalue weighted by atomic mass is 32.2. The van der Waals surface area contributed by atoms with Crippen molar-refractivity contribution in [2.24, 2.45) is 0 Å². The molecule has 2 aromatic heterocycles. The number of pyridine rings is 1. The lowest BCUT2D eigenvalue weighted by Gasteiger charge is -2.38. The van der Waals surface area contributed by atoms with Crippen molar-refractivity contribution in [1.29, 1.82) is 0 Å². The highest BCUT2D eigenvalue weighted by molar-refractivity contribution is 7.98. The van der Waals surface area contributed by atoms with Crippen LogP contribution in [0.4, 0.5) is 14.6 Å². The van der Waals surface area contributed by atoms with Crippen molar-refractivity contribution in [1.82, 2.24) is 25.5 Å². The van der Waals surface area contributed by atoms with Gasteiger partial charge in [0.1, 0.15) is 16.9 Å². The van der Waals surface area contributed by atoms with E-state index in [-0.39, 0.29) is 23.7 Å². The molecular weight excluding hydrogens is 446 g/mol. The van der Waals surface area contributed by atoms with Crippen molar-refractivity contribution in [3.8, 4) is 28.3 Å². The predicted octanol–water partition coefficient (Wildman–Crippen LogP) is 3.83. The van der Waals surface area contributed by atoms with Gasteiger partial charge in [-0.05, 0) is 49.3 Å². The molecule has 1 aromatic carbocycles. The zero-order chi connectivity index (χ0) is 23.1. The first-order chi connectivity index (χ1) is 15.9. The van der Waals surface area contributed by atoms with Gasteiger partial charge in [-0.2, -0.15) is 0 Å². The fourth-order valence-electron chi connectivity index (χ4n) is 4.71. The van der Waals surface area contributed by atoms with Gasteiger partial charge in [0, 0.05) is 30.9 Å². The van der Waals surface area contributed by atoms with E-state index in [1.807, 2.05) is 11.9 Å². The van der Waals surface area contributed by atoms with Crippen LogP contribution < -0.4 is 10.2 Å². The average molecular weight is 471 g/mol. The van der Waals surface area contributed by atoms with E-state index in [0.717, 1.165) is 12.8 Å². The standard InChI is InChI=1S/C23H24F2N6OS/c1-31(18-9-14-4-6-17(28-14)21(18)25)20-11-26-22(30-29-20)15-5-3-12(8-19(15)32)13-7-16(24)23(33-2)27-10-13/h3,5,7-8,10-11,14,17-18,21,28,32H,4,6,9H2,1-2H3/t14-,17+,18-,21+/m0/s1. The maximum Gasteiger partial charge on any atom is 0.185 e. The average Bonchev–Trinajstić information content (AvgIpc) is 3.24. The van der Waals surface area contributed by atoms with Crippen molar-refractivity contribution in [3.63, 3.8) is 0 Å². The third kappa shape index (κ3) is 4.13. The van der Waals surface area contributed by atoms with E-state index in [2.05, 4.69) is 25.5 Å². The number of anilines is 1. The molecular formula is C23H24F2N6OS. The molecule has 0 amide bonds. The van der Waals surface area contributed by atoms with Crippen molar-refractivity contribution in [2.45, 2.75) is 48.6 Å². The summed E-state index contributed by atoms with van der Waals surface area (Å²) in [5.74, 6) is 0.274. The first-order valence-electron chi connectivity index (χ1n) is 10.8. The molecule has 2 fully saturated rings. The van der Waals surface area contributed by atoms with E-state index >= 15 is 0 Å². The Kier molecular flexibility index (Phi) is 5.88. The highest BCUT2D eigenvalue weighted by Gasteiger charge is 2.43. The molecule has 5 rings (SSSR count). The molecule has 33 heavy (non-hydrogen) atoms. The number of aromatic hydroxyl groups is 1. The van der Waals surface area contributed by atoms with Gasteiger partial charge >= 0.3 is 0 Å². The van der Waals surface area contributed by atoms with Crippen LogP contribution in [0.3, 0.4) is 0 Å². The molecule has 2 aliphatic heterocycles. The SMILES string of the molecule is CSc1ncc(-c2ccc(-c3ncc(N(C)[C@H]4C[C@@H]5CC[C@@H](N5)[C@H]4F)nn3)c(O)c2)cc1F. The molecule has 7 nitrogen and oxygen atoms in total. The van der Waals surface area contributed by atoms with E-state index < -0.39 is 12.0 Å². The summed E-state index contributed by atoms with van der Waals surface area (Å²) in [7, 11) is 1.81.